The average molecular weight is 290 g/mol. The monoisotopic (exact) mass is 289 g/mol. The first kappa shape index (κ1) is 13.4. The molecule has 2 aromatic carbocycles. The van der Waals surface area contributed by atoms with Gasteiger partial charge in [0.15, 0.2) is 0 Å². The van der Waals surface area contributed by atoms with E-state index in [0.717, 1.165) is 30.8 Å². The van der Waals surface area contributed by atoms with Gasteiger partial charge in [0.1, 0.15) is 5.82 Å². The second kappa shape index (κ2) is 5.84. The largest absolute Gasteiger partial charge is 0.371 e. The van der Waals surface area contributed by atoms with Crippen molar-refractivity contribution in [3.8, 4) is 0 Å². The maximum absolute atomic E-state index is 13.6. The van der Waals surface area contributed by atoms with E-state index in [1.807, 2.05) is 12.1 Å². The lowest BCUT2D eigenvalue weighted by atomic mass is 9.99. The average Bonchev–Trinajstić information content (AvgIpc) is 2.97. The Morgan fingerprint density at radius 2 is 1.95 bits per heavy atom. The molecule has 1 heterocycles. The Kier molecular flexibility index (Phi) is 3.93. The zero-order chi connectivity index (χ0) is 13.9. The Labute approximate surface area is 124 Å². The Morgan fingerprint density at radius 3 is 2.70 bits per heavy atom. The molecule has 1 nitrogen and oxygen atoms in total. The summed E-state index contributed by atoms with van der Waals surface area (Å²) in [5.74, 6) is 0.668. The van der Waals surface area contributed by atoms with Crippen LogP contribution in [0.1, 0.15) is 23.5 Å². The highest BCUT2D eigenvalue weighted by Gasteiger charge is 2.24. The summed E-state index contributed by atoms with van der Waals surface area (Å²) in [5.41, 5.74) is 3.15. The van der Waals surface area contributed by atoms with E-state index in [1.54, 1.807) is 6.07 Å². The minimum absolute atomic E-state index is 0.207. The highest BCUT2D eigenvalue weighted by Crippen LogP contribution is 2.31. The highest BCUT2D eigenvalue weighted by atomic mass is 35.5. The van der Waals surface area contributed by atoms with Gasteiger partial charge in [0.2, 0.25) is 0 Å². The molecule has 0 amide bonds. The van der Waals surface area contributed by atoms with Crippen molar-refractivity contribution in [2.75, 3.05) is 18.0 Å². The summed E-state index contributed by atoms with van der Waals surface area (Å²) in [7, 11) is 0. The van der Waals surface area contributed by atoms with Crippen molar-refractivity contribution in [1.82, 2.24) is 0 Å². The summed E-state index contributed by atoms with van der Waals surface area (Å²) < 4.78 is 13.6. The van der Waals surface area contributed by atoms with Gasteiger partial charge in [0.25, 0.3) is 0 Å². The maximum atomic E-state index is 13.6. The van der Waals surface area contributed by atoms with Crippen LogP contribution in [0, 0.1) is 5.82 Å². The number of anilines is 1. The van der Waals surface area contributed by atoms with Crippen molar-refractivity contribution < 1.29 is 4.39 Å². The molecule has 0 aromatic heterocycles. The van der Waals surface area contributed by atoms with Crippen LogP contribution in [0.5, 0.6) is 0 Å². The van der Waals surface area contributed by atoms with Gasteiger partial charge >= 0.3 is 0 Å². The van der Waals surface area contributed by atoms with Gasteiger partial charge in [-0.2, -0.15) is 0 Å². The van der Waals surface area contributed by atoms with Gasteiger partial charge in [-0.05, 0) is 35.7 Å². The Bertz CT molecular complexity index is 585. The Morgan fingerprint density at radius 1 is 1.15 bits per heavy atom. The third-order valence-electron chi connectivity index (χ3n) is 3.92. The zero-order valence-electron chi connectivity index (χ0n) is 11.2. The van der Waals surface area contributed by atoms with Crippen molar-refractivity contribution in [1.29, 1.82) is 0 Å². The molecule has 1 atom stereocenters. The first-order chi connectivity index (χ1) is 9.76. The van der Waals surface area contributed by atoms with Gasteiger partial charge in [0.05, 0.1) is 0 Å². The standard InChI is InChI=1S/C17H17ClFN/c18-11-13-8-16(19)10-17(9-13)20-7-6-15(12-20)14-4-2-1-3-5-14/h1-5,8-10,15H,6-7,11-12H2. The van der Waals surface area contributed by atoms with Gasteiger partial charge in [-0.25, -0.2) is 4.39 Å². The number of rotatable bonds is 3. The third kappa shape index (κ3) is 2.80. The summed E-state index contributed by atoms with van der Waals surface area (Å²) in [5, 5.41) is 0. The van der Waals surface area contributed by atoms with E-state index in [-0.39, 0.29) is 5.82 Å². The van der Waals surface area contributed by atoms with E-state index < -0.39 is 0 Å². The van der Waals surface area contributed by atoms with Crippen LogP contribution < -0.4 is 4.90 Å². The van der Waals surface area contributed by atoms with Gasteiger partial charge in [0, 0.05) is 30.6 Å². The normalized spacial score (nSPS) is 18.5. The van der Waals surface area contributed by atoms with Crippen molar-refractivity contribution in [3.63, 3.8) is 0 Å². The van der Waals surface area contributed by atoms with Crippen molar-refractivity contribution in [2.24, 2.45) is 0 Å². The molecule has 0 N–H and O–H groups in total. The van der Waals surface area contributed by atoms with Gasteiger partial charge in [-0.15, -0.1) is 11.6 Å². The smallest absolute Gasteiger partial charge is 0.125 e. The molecule has 0 radical (unpaired) electrons. The number of benzene rings is 2. The molecule has 20 heavy (non-hydrogen) atoms. The van der Waals surface area contributed by atoms with Crippen LogP contribution in [-0.4, -0.2) is 13.1 Å². The van der Waals surface area contributed by atoms with Crippen molar-refractivity contribution in [2.45, 2.75) is 18.2 Å². The first-order valence-corrected chi connectivity index (χ1v) is 7.45. The van der Waals surface area contributed by atoms with E-state index in [9.17, 15) is 4.39 Å². The number of halogens is 2. The summed E-state index contributed by atoms with van der Waals surface area (Å²) in [6, 6.07) is 15.6. The molecule has 1 unspecified atom stereocenters. The summed E-state index contributed by atoms with van der Waals surface area (Å²) >= 11 is 5.82. The fourth-order valence-corrected chi connectivity index (χ4v) is 3.04. The fourth-order valence-electron chi connectivity index (χ4n) is 2.89. The zero-order valence-corrected chi connectivity index (χ0v) is 12.0. The summed E-state index contributed by atoms with van der Waals surface area (Å²) in [4.78, 5) is 2.25. The molecule has 1 fully saturated rings. The minimum atomic E-state index is -0.207. The lowest BCUT2D eigenvalue weighted by Crippen LogP contribution is -2.19. The van der Waals surface area contributed by atoms with E-state index in [2.05, 4.69) is 29.2 Å². The quantitative estimate of drug-likeness (QED) is 0.749. The van der Waals surface area contributed by atoms with Crippen LogP contribution in [0.4, 0.5) is 10.1 Å². The molecule has 0 saturated carbocycles. The van der Waals surface area contributed by atoms with Crippen molar-refractivity contribution in [3.05, 3.63) is 65.5 Å². The number of nitrogens with zero attached hydrogens (tertiary/aromatic N) is 1. The fraction of sp³-hybridized carbons (Fsp3) is 0.294. The highest BCUT2D eigenvalue weighted by molar-refractivity contribution is 6.17. The summed E-state index contributed by atoms with van der Waals surface area (Å²) in [6.45, 7) is 1.90. The van der Waals surface area contributed by atoms with Crippen LogP contribution >= 0.6 is 11.6 Å². The molecule has 104 valence electrons. The van der Waals surface area contributed by atoms with Crippen LogP contribution in [-0.2, 0) is 5.88 Å². The van der Waals surface area contributed by atoms with E-state index in [0.29, 0.717) is 11.8 Å². The second-order valence-corrected chi connectivity index (χ2v) is 5.56. The van der Waals surface area contributed by atoms with E-state index in [4.69, 9.17) is 11.6 Å². The molecule has 0 bridgehead atoms. The minimum Gasteiger partial charge on any atom is -0.371 e. The first-order valence-electron chi connectivity index (χ1n) is 6.91. The second-order valence-electron chi connectivity index (χ2n) is 5.29. The SMILES string of the molecule is Fc1cc(CCl)cc(N2CCC(c3ccccc3)C2)c1. The molecule has 0 aliphatic carbocycles. The van der Waals surface area contributed by atoms with E-state index in [1.165, 1.54) is 11.6 Å². The molecular formula is C17H17ClFN. The molecule has 1 saturated heterocycles. The van der Waals surface area contributed by atoms with E-state index >= 15 is 0 Å². The van der Waals surface area contributed by atoms with Crippen molar-refractivity contribution >= 4 is 17.3 Å². The number of alkyl halides is 1. The lowest BCUT2D eigenvalue weighted by Gasteiger charge is -2.19. The Hall–Kier alpha value is -1.54. The van der Waals surface area contributed by atoms with Crippen LogP contribution in [0.3, 0.4) is 0 Å². The van der Waals surface area contributed by atoms with Gasteiger partial charge in [-0.3, -0.25) is 0 Å². The molecule has 1 aliphatic rings. The topological polar surface area (TPSA) is 3.24 Å². The van der Waals surface area contributed by atoms with Crippen LogP contribution in [0.2, 0.25) is 0 Å². The third-order valence-corrected chi connectivity index (χ3v) is 4.23. The van der Waals surface area contributed by atoms with Gasteiger partial charge in [-0.1, -0.05) is 30.3 Å². The molecule has 3 heteroatoms. The number of hydrogen-bond donors (Lipinski definition) is 0. The molecular weight excluding hydrogens is 273 g/mol. The molecule has 2 aromatic rings. The molecule has 3 rings (SSSR count). The predicted molar refractivity (Wildman–Crippen MR) is 82.0 cm³/mol. The predicted octanol–water partition coefficient (Wildman–Crippen LogP) is 4.56. The lowest BCUT2D eigenvalue weighted by molar-refractivity contribution is 0.625. The number of hydrogen-bond acceptors (Lipinski definition) is 1. The molecule has 1 aliphatic heterocycles. The maximum Gasteiger partial charge on any atom is 0.125 e. The van der Waals surface area contributed by atoms with Crippen LogP contribution in [0.25, 0.3) is 0 Å². The van der Waals surface area contributed by atoms with Gasteiger partial charge < -0.3 is 4.90 Å². The Balaban J connectivity index is 1.79. The molecule has 0 spiro atoms. The van der Waals surface area contributed by atoms with Crippen LogP contribution in [0.15, 0.2) is 48.5 Å². The summed E-state index contributed by atoms with van der Waals surface area (Å²) in [6.07, 6.45) is 1.11.